The molecular weight excluding hydrogens is 288 g/mol. The molecule has 0 radical (unpaired) electrons. The average Bonchev–Trinajstić information content (AvgIpc) is 2.92. The zero-order valence-electron chi connectivity index (χ0n) is 14.1. The molecule has 1 fully saturated rings. The number of nitrogens with zero attached hydrogens (tertiary/aromatic N) is 2. The molecule has 1 heterocycles. The lowest BCUT2D eigenvalue weighted by Crippen LogP contribution is -2.27. The number of aliphatic hydroxyl groups is 1. The quantitative estimate of drug-likeness (QED) is 0.847. The molecule has 4 heteroatoms. The van der Waals surface area contributed by atoms with Gasteiger partial charge in [-0.15, -0.1) is 0 Å². The van der Waals surface area contributed by atoms with Crippen LogP contribution in [0.4, 0.5) is 0 Å². The summed E-state index contributed by atoms with van der Waals surface area (Å²) in [6.45, 7) is 3.14. The van der Waals surface area contributed by atoms with Crippen molar-refractivity contribution >= 4 is 11.0 Å². The van der Waals surface area contributed by atoms with Crippen LogP contribution in [0, 0.1) is 0 Å². The molecule has 1 N–H and O–H groups in total. The van der Waals surface area contributed by atoms with Gasteiger partial charge in [-0.05, 0) is 31.4 Å². The molecule has 126 valence electrons. The normalized spacial score (nSPS) is 17.7. The number of imidazole rings is 1. The maximum Gasteiger partial charge on any atom is 0.109 e. The molecule has 4 nitrogen and oxygen atoms in total. The zero-order chi connectivity index (χ0) is 16.1. The summed E-state index contributed by atoms with van der Waals surface area (Å²) in [6.07, 6.45) is 7.97. The summed E-state index contributed by atoms with van der Waals surface area (Å²) in [6, 6.07) is 8.16. The van der Waals surface area contributed by atoms with Gasteiger partial charge in [-0.2, -0.15) is 0 Å². The Morgan fingerprint density at radius 2 is 2.04 bits per heavy atom. The van der Waals surface area contributed by atoms with Crippen LogP contribution < -0.4 is 0 Å². The summed E-state index contributed by atoms with van der Waals surface area (Å²) < 4.78 is 8.08. The standard InChI is InChI=1S/C19H28N2O2/c1-2-8-19-20-17-11-6-7-12-18(17)21(19)13-15(22)14-23-16-9-4-3-5-10-16/h6-7,11-12,15-16,22H,2-5,8-10,13-14H2,1H3/t15-/m0/s1. The van der Waals surface area contributed by atoms with Gasteiger partial charge in [0.15, 0.2) is 0 Å². The molecule has 0 saturated heterocycles. The van der Waals surface area contributed by atoms with Crippen LogP contribution in [0.15, 0.2) is 24.3 Å². The van der Waals surface area contributed by atoms with Crippen molar-refractivity contribution in [3.63, 3.8) is 0 Å². The van der Waals surface area contributed by atoms with E-state index < -0.39 is 6.10 Å². The van der Waals surface area contributed by atoms with Gasteiger partial charge in [0.2, 0.25) is 0 Å². The molecule has 0 unspecified atom stereocenters. The number of para-hydroxylation sites is 2. The van der Waals surface area contributed by atoms with Crippen LogP contribution in [0.25, 0.3) is 11.0 Å². The van der Waals surface area contributed by atoms with Crippen LogP contribution in [0.2, 0.25) is 0 Å². The molecule has 1 aromatic carbocycles. The van der Waals surface area contributed by atoms with E-state index in [0.717, 1.165) is 42.5 Å². The zero-order valence-corrected chi connectivity index (χ0v) is 14.1. The lowest BCUT2D eigenvalue weighted by atomic mass is 9.98. The number of hydrogen-bond acceptors (Lipinski definition) is 3. The first-order valence-electron chi connectivity index (χ1n) is 9.01. The molecule has 2 aromatic rings. The number of benzene rings is 1. The smallest absolute Gasteiger partial charge is 0.109 e. The molecule has 3 rings (SSSR count). The highest BCUT2D eigenvalue weighted by molar-refractivity contribution is 5.75. The monoisotopic (exact) mass is 316 g/mol. The van der Waals surface area contributed by atoms with Crippen molar-refractivity contribution < 1.29 is 9.84 Å². The highest BCUT2D eigenvalue weighted by Crippen LogP contribution is 2.21. The van der Waals surface area contributed by atoms with E-state index in [2.05, 4.69) is 17.6 Å². The van der Waals surface area contributed by atoms with Crippen LogP contribution in [-0.4, -0.2) is 33.5 Å². The van der Waals surface area contributed by atoms with Crippen molar-refractivity contribution in [3.8, 4) is 0 Å². The predicted octanol–water partition coefficient (Wildman–Crippen LogP) is 3.70. The molecule has 1 aromatic heterocycles. The van der Waals surface area contributed by atoms with Gasteiger partial charge in [-0.3, -0.25) is 0 Å². The van der Waals surface area contributed by atoms with E-state index in [1.807, 2.05) is 18.2 Å². The Morgan fingerprint density at radius 3 is 2.83 bits per heavy atom. The second-order valence-electron chi connectivity index (χ2n) is 6.62. The minimum Gasteiger partial charge on any atom is -0.389 e. The second-order valence-corrected chi connectivity index (χ2v) is 6.62. The van der Waals surface area contributed by atoms with E-state index in [4.69, 9.17) is 9.72 Å². The van der Waals surface area contributed by atoms with E-state index in [0.29, 0.717) is 19.3 Å². The van der Waals surface area contributed by atoms with Gasteiger partial charge >= 0.3 is 0 Å². The number of aromatic nitrogens is 2. The fraction of sp³-hybridized carbons (Fsp3) is 0.632. The Labute approximate surface area is 138 Å². The van der Waals surface area contributed by atoms with Gasteiger partial charge < -0.3 is 14.4 Å². The minimum absolute atomic E-state index is 0.341. The van der Waals surface area contributed by atoms with Gasteiger partial charge in [0.1, 0.15) is 5.82 Å². The van der Waals surface area contributed by atoms with E-state index in [1.165, 1.54) is 19.3 Å². The highest BCUT2D eigenvalue weighted by Gasteiger charge is 2.17. The van der Waals surface area contributed by atoms with E-state index in [9.17, 15) is 5.11 Å². The number of rotatable bonds is 7. The molecule has 0 amide bonds. The number of ether oxygens (including phenoxy) is 1. The van der Waals surface area contributed by atoms with Crippen LogP contribution >= 0.6 is 0 Å². The molecule has 1 aliphatic carbocycles. The Morgan fingerprint density at radius 1 is 1.26 bits per heavy atom. The Hall–Kier alpha value is -1.39. The molecule has 23 heavy (non-hydrogen) atoms. The average molecular weight is 316 g/mol. The second kappa shape index (κ2) is 7.93. The summed E-state index contributed by atoms with van der Waals surface area (Å²) in [7, 11) is 0. The number of hydrogen-bond donors (Lipinski definition) is 1. The van der Waals surface area contributed by atoms with Crippen LogP contribution in [0.1, 0.15) is 51.3 Å². The Bertz CT molecular complexity index is 617. The van der Waals surface area contributed by atoms with Crippen molar-refractivity contribution in [2.75, 3.05) is 6.61 Å². The SMILES string of the molecule is CCCc1nc2ccccc2n1C[C@H](O)COC1CCCCC1. The summed E-state index contributed by atoms with van der Waals surface area (Å²) in [5, 5.41) is 10.4. The maximum atomic E-state index is 10.4. The van der Waals surface area contributed by atoms with Crippen LogP contribution in [0.3, 0.4) is 0 Å². The summed E-state index contributed by atoms with van der Waals surface area (Å²) >= 11 is 0. The van der Waals surface area contributed by atoms with Crippen LogP contribution in [0.5, 0.6) is 0 Å². The number of aryl methyl sites for hydroxylation is 1. The number of aliphatic hydroxyl groups excluding tert-OH is 1. The lowest BCUT2D eigenvalue weighted by Gasteiger charge is -2.24. The fourth-order valence-electron chi connectivity index (χ4n) is 3.49. The maximum absolute atomic E-state index is 10.4. The van der Waals surface area contributed by atoms with Crippen LogP contribution in [-0.2, 0) is 17.7 Å². The first-order chi connectivity index (χ1) is 11.3. The third kappa shape index (κ3) is 4.12. The lowest BCUT2D eigenvalue weighted by molar-refractivity contribution is -0.0282. The molecule has 0 bridgehead atoms. The molecule has 0 aliphatic heterocycles. The largest absolute Gasteiger partial charge is 0.389 e. The van der Waals surface area contributed by atoms with Crippen molar-refractivity contribution in [3.05, 3.63) is 30.1 Å². The number of fused-ring (bicyclic) bond motifs is 1. The summed E-state index contributed by atoms with van der Waals surface area (Å²) in [5.74, 6) is 1.06. The third-order valence-corrected chi connectivity index (χ3v) is 4.68. The van der Waals surface area contributed by atoms with Gasteiger partial charge in [0, 0.05) is 6.42 Å². The van der Waals surface area contributed by atoms with Gasteiger partial charge in [-0.25, -0.2) is 4.98 Å². The van der Waals surface area contributed by atoms with Gasteiger partial charge in [0.25, 0.3) is 0 Å². The van der Waals surface area contributed by atoms with E-state index in [1.54, 1.807) is 0 Å². The fourth-order valence-corrected chi connectivity index (χ4v) is 3.49. The molecule has 1 atom stereocenters. The minimum atomic E-state index is -0.481. The summed E-state index contributed by atoms with van der Waals surface area (Å²) in [5.41, 5.74) is 2.11. The van der Waals surface area contributed by atoms with Crippen molar-refractivity contribution in [2.24, 2.45) is 0 Å². The molecule has 1 saturated carbocycles. The van der Waals surface area contributed by atoms with Crippen molar-refractivity contribution in [1.29, 1.82) is 0 Å². The molecular formula is C19H28N2O2. The van der Waals surface area contributed by atoms with Gasteiger partial charge in [-0.1, -0.05) is 38.3 Å². The Balaban J connectivity index is 1.65. The first-order valence-corrected chi connectivity index (χ1v) is 9.01. The van der Waals surface area contributed by atoms with Crippen molar-refractivity contribution in [2.45, 2.75) is 70.6 Å². The van der Waals surface area contributed by atoms with Crippen molar-refractivity contribution in [1.82, 2.24) is 9.55 Å². The van der Waals surface area contributed by atoms with E-state index >= 15 is 0 Å². The third-order valence-electron chi connectivity index (χ3n) is 4.68. The van der Waals surface area contributed by atoms with Gasteiger partial charge in [0.05, 0.1) is 36.4 Å². The molecule has 0 spiro atoms. The highest BCUT2D eigenvalue weighted by atomic mass is 16.5. The predicted molar refractivity (Wildman–Crippen MR) is 92.6 cm³/mol. The Kier molecular flexibility index (Phi) is 5.68. The molecule has 1 aliphatic rings. The van der Waals surface area contributed by atoms with E-state index in [-0.39, 0.29) is 0 Å². The summed E-state index contributed by atoms with van der Waals surface area (Å²) in [4.78, 5) is 4.72. The first kappa shape index (κ1) is 16.5. The topological polar surface area (TPSA) is 47.3 Å².